The van der Waals surface area contributed by atoms with Crippen LogP contribution in [0.3, 0.4) is 0 Å². The number of ether oxygens (including phenoxy) is 3. The summed E-state index contributed by atoms with van der Waals surface area (Å²) in [5.41, 5.74) is 0.409. The van der Waals surface area contributed by atoms with E-state index in [4.69, 9.17) is 14.2 Å². The van der Waals surface area contributed by atoms with Crippen LogP contribution in [0.5, 0.6) is 11.5 Å². The molecule has 0 saturated carbocycles. The minimum atomic E-state index is -0.467. The first-order chi connectivity index (χ1) is 9.56. The van der Waals surface area contributed by atoms with E-state index in [0.29, 0.717) is 30.3 Å². The van der Waals surface area contributed by atoms with Gasteiger partial charge in [-0.05, 0) is 32.0 Å². The molecule has 1 aliphatic rings. The summed E-state index contributed by atoms with van der Waals surface area (Å²) in [5, 5.41) is 2.50. The molecule has 1 aliphatic heterocycles. The van der Waals surface area contributed by atoms with Gasteiger partial charge in [0.2, 0.25) is 0 Å². The Hall–Kier alpha value is -2.24. The molecule has 0 spiro atoms. The third-order valence-electron chi connectivity index (χ3n) is 2.56. The van der Waals surface area contributed by atoms with Gasteiger partial charge in [-0.3, -0.25) is 9.59 Å². The van der Waals surface area contributed by atoms with Crippen molar-refractivity contribution in [3.8, 4) is 11.5 Å². The summed E-state index contributed by atoms with van der Waals surface area (Å²) in [7, 11) is 0. The molecule has 0 unspecified atom stereocenters. The van der Waals surface area contributed by atoms with Crippen LogP contribution in [0.2, 0.25) is 0 Å². The maximum absolute atomic E-state index is 11.9. The molecule has 6 nitrogen and oxygen atoms in total. The minimum absolute atomic E-state index is 0.161. The zero-order chi connectivity index (χ0) is 14.5. The number of benzene rings is 1. The number of carbonyl (C=O) groups excluding carboxylic acids is 2. The number of hydrogen-bond donors (Lipinski definition) is 1. The summed E-state index contributed by atoms with van der Waals surface area (Å²) in [4.78, 5) is 23.2. The molecule has 20 heavy (non-hydrogen) atoms. The van der Waals surface area contributed by atoms with E-state index < -0.39 is 5.97 Å². The smallest absolute Gasteiger partial charge is 0.325 e. The van der Waals surface area contributed by atoms with Crippen LogP contribution in [0, 0.1) is 0 Å². The summed E-state index contributed by atoms with van der Waals surface area (Å²) in [6.07, 6.45) is -0.200. The molecule has 6 heteroatoms. The quantitative estimate of drug-likeness (QED) is 0.837. The van der Waals surface area contributed by atoms with Crippen molar-refractivity contribution < 1.29 is 23.8 Å². The number of nitrogens with one attached hydrogen (secondary N) is 1. The molecule has 0 radical (unpaired) electrons. The summed E-state index contributed by atoms with van der Waals surface area (Å²) in [6.45, 7) is 4.30. The van der Waals surface area contributed by atoms with E-state index in [1.807, 2.05) is 0 Å². The molecule has 0 fully saturated rings. The highest BCUT2D eigenvalue weighted by atomic mass is 16.6. The molecule has 1 amide bonds. The monoisotopic (exact) mass is 279 g/mol. The number of amides is 1. The van der Waals surface area contributed by atoms with Gasteiger partial charge >= 0.3 is 5.97 Å². The second-order valence-corrected chi connectivity index (χ2v) is 4.58. The van der Waals surface area contributed by atoms with Crippen molar-refractivity contribution >= 4 is 11.9 Å². The van der Waals surface area contributed by atoms with Crippen molar-refractivity contribution in [2.24, 2.45) is 0 Å². The van der Waals surface area contributed by atoms with Crippen LogP contribution < -0.4 is 14.8 Å². The van der Waals surface area contributed by atoms with E-state index >= 15 is 0 Å². The maximum atomic E-state index is 11.9. The van der Waals surface area contributed by atoms with Crippen molar-refractivity contribution in [3.63, 3.8) is 0 Å². The lowest BCUT2D eigenvalue weighted by Crippen LogP contribution is -2.31. The SMILES string of the molecule is CC(C)OC(=O)CNC(=O)c1ccc2c(c1)OCCO2. The molecule has 0 aromatic heterocycles. The molecule has 0 saturated heterocycles. The van der Waals surface area contributed by atoms with Crippen LogP contribution in [0.4, 0.5) is 0 Å². The molecule has 1 aromatic rings. The third kappa shape index (κ3) is 3.63. The predicted octanol–water partition coefficient (Wildman–Crippen LogP) is 1.14. The maximum Gasteiger partial charge on any atom is 0.325 e. The highest BCUT2D eigenvalue weighted by Gasteiger charge is 2.15. The lowest BCUT2D eigenvalue weighted by Gasteiger charge is -2.18. The Kier molecular flexibility index (Phi) is 4.45. The van der Waals surface area contributed by atoms with E-state index in [2.05, 4.69) is 5.32 Å². The van der Waals surface area contributed by atoms with Crippen LogP contribution in [0.25, 0.3) is 0 Å². The highest BCUT2D eigenvalue weighted by Crippen LogP contribution is 2.30. The highest BCUT2D eigenvalue weighted by molar-refractivity contribution is 5.96. The Morgan fingerprint density at radius 2 is 1.95 bits per heavy atom. The average Bonchev–Trinajstić information content (AvgIpc) is 2.43. The predicted molar refractivity (Wildman–Crippen MR) is 71.0 cm³/mol. The van der Waals surface area contributed by atoms with E-state index in [-0.39, 0.29) is 18.6 Å². The topological polar surface area (TPSA) is 73.9 Å². The fourth-order valence-corrected chi connectivity index (χ4v) is 1.74. The van der Waals surface area contributed by atoms with Crippen LogP contribution in [-0.4, -0.2) is 37.7 Å². The van der Waals surface area contributed by atoms with Crippen molar-refractivity contribution in [2.75, 3.05) is 19.8 Å². The van der Waals surface area contributed by atoms with Crippen LogP contribution in [0.15, 0.2) is 18.2 Å². The molecule has 1 heterocycles. The van der Waals surface area contributed by atoms with Gasteiger partial charge < -0.3 is 19.5 Å². The second-order valence-electron chi connectivity index (χ2n) is 4.58. The zero-order valence-corrected chi connectivity index (χ0v) is 11.5. The van der Waals surface area contributed by atoms with Gasteiger partial charge in [0.05, 0.1) is 6.10 Å². The summed E-state index contributed by atoms with van der Waals surface area (Å²) in [6, 6.07) is 4.89. The van der Waals surface area contributed by atoms with Crippen molar-refractivity contribution in [1.82, 2.24) is 5.32 Å². The lowest BCUT2D eigenvalue weighted by molar-refractivity contribution is -0.146. The van der Waals surface area contributed by atoms with Gasteiger partial charge in [-0.25, -0.2) is 0 Å². The Morgan fingerprint density at radius 1 is 1.25 bits per heavy atom. The van der Waals surface area contributed by atoms with Gasteiger partial charge in [0, 0.05) is 5.56 Å². The van der Waals surface area contributed by atoms with Gasteiger partial charge in [0.1, 0.15) is 19.8 Å². The second kappa shape index (κ2) is 6.27. The van der Waals surface area contributed by atoms with E-state index in [9.17, 15) is 9.59 Å². The number of esters is 1. The lowest BCUT2D eigenvalue weighted by atomic mass is 10.2. The normalized spacial score (nSPS) is 12.9. The molecular weight excluding hydrogens is 262 g/mol. The average molecular weight is 279 g/mol. The summed E-state index contributed by atoms with van der Waals surface area (Å²) >= 11 is 0. The Balaban J connectivity index is 1.94. The van der Waals surface area contributed by atoms with E-state index in [1.54, 1.807) is 32.0 Å². The Bertz CT molecular complexity index is 512. The van der Waals surface area contributed by atoms with Crippen molar-refractivity contribution in [2.45, 2.75) is 20.0 Å². The molecular formula is C14H17NO5. The molecule has 108 valence electrons. The van der Waals surface area contributed by atoms with Gasteiger partial charge in [-0.15, -0.1) is 0 Å². The Morgan fingerprint density at radius 3 is 2.65 bits per heavy atom. The van der Waals surface area contributed by atoms with Crippen LogP contribution >= 0.6 is 0 Å². The molecule has 0 bridgehead atoms. The largest absolute Gasteiger partial charge is 0.486 e. The Labute approximate surface area is 117 Å². The van der Waals surface area contributed by atoms with Gasteiger partial charge in [0.25, 0.3) is 5.91 Å². The molecule has 0 atom stereocenters. The number of fused-ring (bicyclic) bond motifs is 1. The fourth-order valence-electron chi connectivity index (χ4n) is 1.74. The first-order valence-electron chi connectivity index (χ1n) is 6.43. The molecule has 0 aliphatic carbocycles. The van der Waals surface area contributed by atoms with Crippen LogP contribution in [-0.2, 0) is 9.53 Å². The third-order valence-corrected chi connectivity index (χ3v) is 2.56. The van der Waals surface area contributed by atoms with Crippen molar-refractivity contribution in [1.29, 1.82) is 0 Å². The summed E-state index contributed by atoms with van der Waals surface area (Å²) < 4.78 is 15.7. The van der Waals surface area contributed by atoms with E-state index in [0.717, 1.165) is 0 Å². The van der Waals surface area contributed by atoms with Crippen molar-refractivity contribution in [3.05, 3.63) is 23.8 Å². The zero-order valence-electron chi connectivity index (χ0n) is 11.5. The number of carbonyl (C=O) groups is 2. The standard InChI is InChI=1S/C14H17NO5/c1-9(2)20-13(16)8-15-14(17)10-3-4-11-12(7-10)19-6-5-18-11/h3-4,7,9H,5-6,8H2,1-2H3,(H,15,17). The molecule has 1 aromatic carbocycles. The molecule has 1 N–H and O–H groups in total. The number of rotatable bonds is 4. The molecule has 2 rings (SSSR count). The first kappa shape index (κ1) is 14.2. The van der Waals surface area contributed by atoms with Gasteiger partial charge in [-0.2, -0.15) is 0 Å². The van der Waals surface area contributed by atoms with E-state index in [1.165, 1.54) is 0 Å². The van der Waals surface area contributed by atoms with Crippen LogP contribution in [0.1, 0.15) is 24.2 Å². The minimum Gasteiger partial charge on any atom is -0.486 e. The van der Waals surface area contributed by atoms with Gasteiger partial charge in [-0.1, -0.05) is 0 Å². The fraction of sp³-hybridized carbons (Fsp3) is 0.429. The first-order valence-corrected chi connectivity index (χ1v) is 6.43. The number of hydrogen-bond acceptors (Lipinski definition) is 5. The summed E-state index contributed by atoms with van der Waals surface area (Å²) in [5.74, 6) is 0.328. The van der Waals surface area contributed by atoms with Gasteiger partial charge in [0.15, 0.2) is 11.5 Å².